The van der Waals surface area contributed by atoms with Gasteiger partial charge in [0, 0.05) is 12.6 Å². The Hall–Kier alpha value is -0.0800. The molecule has 2 nitrogen and oxygen atoms in total. The fraction of sp³-hybridized carbons (Fsp3) is 1.00. The summed E-state index contributed by atoms with van der Waals surface area (Å²) in [5.74, 6) is 0. The molecule has 2 aliphatic carbocycles. The molecular weight excluding hydrogens is 234 g/mol. The van der Waals surface area contributed by atoms with Gasteiger partial charge < -0.3 is 10.1 Å². The Labute approximate surface area is 119 Å². The fourth-order valence-corrected chi connectivity index (χ4v) is 3.52. The van der Waals surface area contributed by atoms with Gasteiger partial charge in [-0.2, -0.15) is 0 Å². The van der Waals surface area contributed by atoms with Crippen molar-refractivity contribution in [2.75, 3.05) is 13.2 Å². The van der Waals surface area contributed by atoms with E-state index in [1.165, 1.54) is 83.5 Å². The third kappa shape index (κ3) is 6.76. The lowest BCUT2D eigenvalue weighted by molar-refractivity contribution is 0.0270. The van der Waals surface area contributed by atoms with Gasteiger partial charge in [0.1, 0.15) is 0 Å². The van der Waals surface area contributed by atoms with E-state index in [-0.39, 0.29) is 0 Å². The Morgan fingerprint density at radius 1 is 0.737 bits per heavy atom. The molecule has 0 radical (unpaired) electrons. The standard InChI is InChI=1S/C17H33NO/c1-2-5-10-16(11-6-3-1)18-14-9-15-19-17-12-7-4-8-13-17/h16-18H,1-15H2. The molecule has 0 amide bonds. The highest BCUT2D eigenvalue weighted by Crippen LogP contribution is 2.20. The fourth-order valence-electron chi connectivity index (χ4n) is 3.52. The molecule has 1 N–H and O–H groups in total. The number of hydrogen-bond donors (Lipinski definition) is 1. The summed E-state index contributed by atoms with van der Waals surface area (Å²) in [6.45, 7) is 2.11. The van der Waals surface area contributed by atoms with E-state index in [2.05, 4.69) is 5.32 Å². The predicted octanol–water partition coefficient (Wildman–Crippen LogP) is 4.43. The van der Waals surface area contributed by atoms with Gasteiger partial charge in [-0.15, -0.1) is 0 Å². The van der Waals surface area contributed by atoms with Crippen LogP contribution in [-0.2, 0) is 4.74 Å². The van der Waals surface area contributed by atoms with Crippen LogP contribution in [0.25, 0.3) is 0 Å². The Kier molecular flexibility index (Phi) is 7.87. The van der Waals surface area contributed by atoms with Crippen LogP contribution < -0.4 is 5.32 Å². The highest BCUT2D eigenvalue weighted by atomic mass is 16.5. The molecule has 0 saturated heterocycles. The smallest absolute Gasteiger partial charge is 0.0575 e. The SMILES string of the molecule is C1CCCC(NCCCOC2CCCCC2)CCC1. The van der Waals surface area contributed by atoms with Crippen LogP contribution in [0.4, 0.5) is 0 Å². The molecule has 0 aromatic heterocycles. The number of rotatable bonds is 6. The molecule has 0 aromatic carbocycles. The summed E-state index contributed by atoms with van der Waals surface area (Å²) in [6, 6.07) is 0.787. The Morgan fingerprint density at radius 3 is 2.05 bits per heavy atom. The maximum atomic E-state index is 5.98. The third-order valence-electron chi connectivity index (χ3n) is 4.77. The Morgan fingerprint density at radius 2 is 1.32 bits per heavy atom. The largest absolute Gasteiger partial charge is 0.378 e. The molecule has 19 heavy (non-hydrogen) atoms. The average molecular weight is 267 g/mol. The number of ether oxygens (including phenoxy) is 1. The Bertz CT molecular complexity index is 205. The summed E-state index contributed by atoms with van der Waals surface area (Å²) >= 11 is 0. The lowest BCUT2D eigenvalue weighted by Crippen LogP contribution is -2.31. The van der Waals surface area contributed by atoms with Gasteiger partial charge >= 0.3 is 0 Å². The zero-order valence-corrected chi connectivity index (χ0v) is 12.7. The topological polar surface area (TPSA) is 21.3 Å². The molecule has 2 rings (SSSR count). The summed E-state index contributed by atoms with van der Waals surface area (Å²) in [5, 5.41) is 3.75. The van der Waals surface area contributed by atoms with Crippen LogP contribution in [0, 0.1) is 0 Å². The first-order valence-corrected chi connectivity index (χ1v) is 8.80. The lowest BCUT2D eigenvalue weighted by atomic mass is 9.97. The molecule has 0 aliphatic heterocycles. The van der Waals surface area contributed by atoms with Crippen molar-refractivity contribution in [2.24, 2.45) is 0 Å². The summed E-state index contributed by atoms with van der Waals surface area (Å²) in [7, 11) is 0. The molecule has 2 aliphatic rings. The number of hydrogen-bond acceptors (Lipinski definition) is 2. The molecule has 0 atom stereocenters. The van der Waals surface area contributed by atoms with E-state index in [1.807, 2.05) is 0 Å². The van der Waals surface area contributed by atoms with Crippen LogP contribution in [0.15, 0.2) is 0 Å². The van der Waals surface area contributed by atoms with E-state index in [0.717, 1.165) is 19.2 Å². The van der Waals surface area contributed by atoms with Crippen molar-refractivity contribution in [3.63, 3.8) is 0 Å². The maximum Gasteiger partial charge on any atom is 0.0575 e. The normalized spacial score (nSPS) is 24.0. The first-order valence-electron chi connectivity index (χ1n) is 8.80. The van der Waals surface area contributed by atoms with Crippen LogP contribution in [0.3, 0.4) is 0 Å². The van der Waals surface area contributed by atoms with Crippen molar-refractivity contribution in [1.82, 2.24) is 5.32 Å². The maximum absolute atomic E-state index is 5.98. The molecular formula is C17H33NO. The summed E-state index contributed by atoms with van der Waals surface area (Å²) in [4.78, 5) is 0. The summed E-state index contributed by atoms with van der Waals surface area (Å²) in [6.07, 6.45) is 18.5. The highest BCUT2D eigenvalue weighted by Gasteiger charge is 2.13. The minimum absolute atomic E-state index is 0.579. The molecule has 0 bridgehead atoms. The van der Waals surface area contributed by atoms with Crippen molar-refractivity contribution in [3.05, 3.63) is 0 Å². The van der Waals surface area contributed by atoms with E-state index in [0.29, 0.717) is 6.10 Å². The third-order valence-corrected chi connectivity index (χ3v) is 4.77. The highest BCUT2D eigenvalue weighted by molar-refractivity contribution is 4.70. The predicted molar refractivity (Wildman–Crippen MR) is 81.6 cm³/mol. The van der Waals surface area contributed by atoms with Crippen LogP contribution in [-0.4, -0.2) is 25.3 Å². The van der Waals surface area contributed by atoms with E-state index >= 15 is 0 Å². The van der Waals surface area contributed by atoms with Gasteiger partial charge in [-0.1, -0.05) is 51.4 Å². The van der Waals surface area contributed by atoms with Gasteiger partial charge in [0.05, 0.1) is 6.10 Å². The van der Waals surface area contributed by atoms with Crippen LogP contribution in [0.1, 0.15) is 83.5 Å². The van der Waals surface area contributed by atoms with E-state index in [1.54, 1.807) is 0 Å². The molecule has 2 saturated carbocycles. The van der Waals surface area contributed by atoms with E-state index in [9.17, 15) is 0 Å². The Balaban J connectivity index is 1.46. The average Bonchev–Trinajstić information content (AvgIpc) is 2.41. The van der Waals surface area contributed by atoms with E-state index < -0.39 is 0 Å². The van der Waals surface area contributed by atoms with Gasteiger partial charge in [-0.05, 0) is 38.6 Å². The van der Waals surface area contributed by atoms with Crippen molar-refractivity contribution < 1.29 is 4.74 Å². The zero-order chi connectivity index (χ0) is 13.2. The molecule has 0 heterocycles. The van der Waals surface area contributed by atoms with Crippen LogP contribution >= 0.6 is 0 Å². The second-order valence-electron chi connectivity index (χ2n) is 6.48. The second-order valence-corrected chi connectivity index (χ2v) is 6.48. The zero-order valence-electron chi connectivity index (χ0n) is 12.7. The summed E-state index contributed by atoms with van der Waals surface area (Å²) < 4.78 is 5.98. The first-order chi connectivity index (χ1) is 9.45. The van der Waals surface area contributed by atoms with Gasteiger partial charge in [0.25, 0.3) is 0 Å². The van der Waals surface area contributed by atoms with Gasteiger partial charge in [-0.25, -0.2) is 0 Å². The van der Waals surface area contributed by atoms with Crippen molar-refractivity contribution >= 4 is 0 Å². The van der Waals surface area contributed by atoms with Crippen molar-refractivity contribution in [1.29, 1.82) is 0 Å². The van der Waals surface area contributed by atoms with Gasteiger partial charge in [0.2, 0.25) is 0 Å². The molecule has 2 heteroatoms. The molecule has 0 unspecified atom stereocenters. The van der Waals surface area contributed by atoms with Gasteiger partial charge in [-0.3, -0.25) is 0 Å². The van der Waals surface area contributed by atoms with Crippen molar-refractivity contribution in [2.45, 2.75) is 95.6 Å². The summed E-state index contributed by atoms with van der Waals surface area (Å²) in [5.41, 5.74) is 0. The second kappa shape index (κ2) is 9.77. The molecule has 112 valence electrons. The number of nitrogens with one attached hydrogen (secondary N) is 1. The molecule has 0 aromatic rings. The van der Waals surface area contributed by atoms with Crippen molar-refractivity contribution in [3.8, 4) is 0 Å². The van der Waals surface area contributed by atoms with Crippen LogP contribution in [0.5, 0.6) is 0 Å². The van der Waals surface area contributed by atoms with Gasteiger partial charge in [0.15, 0.2) is 0 Å². The first kappa shape index (κ1) is 15.3. The molecule has 0 spiro atoms. The van der Waals surface area contributed by atoms with E-state index in [4.69, 9.17) is 4.74 Å². The monoisotopic (exact) mass is 267 g/mol. The molecule has 2 fully saturated rings. The lowest BCUT2D eigenvalue weighted by Gasteiger charge is -2.23. The quantitative estimate of drug-likeness (QED) is 0.719. The van der Waals surface area contributed by atoms with Crippen LogP contribution in [0.2, 0.25) is 0 Å². The minimum atomic E-state index is 0.579. The minimum Gasteiger partial charge on any atom is -0.378 e.